The molecule has 4 nitrogen and oxygen atoms in total. The number of aromatic nitrogens is 1. The highest BCUT2D eigenvalue weighted by Crippen LogP contribution is 2.24. The van der Waals surface area contributed by atoms with Crippen LogP contribution in [-0.4, -0.2) is 24.6 Å². The molecule has 21 heavy (non-hydrogen) atoms. The van der Waals surface area contributed by atoms with E-state index in [0.29, 0.717) is 0 Å². The van der Waals surface area contributed by atoms with Crippen molar-refractivity contribution in [2.24, 2.45) is 17.3 Å². The Morgan fingerprint density at radius 1 is 1.10 bits per heavy atom. The fourth-order valence-electron chi connectivity index (χ4n) is 2.19. The van der Waals surface area contributed by atoms with Crippen molar-refractivity contribution in [2.75, 3.05) is 29.5 Å². The standard InChI is InChI=1S/C15H19N4S2/c1-12-11-21-15(18(12)2)17-16-13-3-5-14(6-4-13)19-7-9-20-10-8-19/h3-6,11H,7-10H2,1-2H3/q+1. The summed E-state index contributed by atoms with van der Waals surface area (Å²) in [4.78, 5) is 2.43. The summed E-state index contributed by atoms with van der Waals surface area (Å²) in [7, 11) is 2.01. The maximum Gasteiger partial charge on any atom is 0.408 e. The number of rotatable bonds is 3. The van der Waals surface area contributed by atoms with Gasteiger partial charge in [-0.25, -0.2) is 4.57 Å². The van der Waals surface area contributed by atoms with E-state index in [9.17, 15) is 0 Å². The average molecular weight is 319 g/mol. The van der Waals surface area contributed by atoms with Crippen molar-refractivity contribution in [3.8, 4) is 0 Å². The van der Waals surface area contributed by atoms with Crippen LogP contribution in [0.5, 0.6) is 0 Å². The topological polar surface area (TPSA) is 31.8 Å². The van der Waals surface area contributed by atoms with Gasteiger partial charge in [0.05, 0.1) is 12.2 Å². The van der Waals surface area contributed by atoms with Crippen molar-refractivity contribution in [1.29, 1.82) is 0 Å². The molecule has 0 radical (unpaired) electrons. The third-order valence-electron chi connectivity index (χ3n) is 3.63. The maximum absolute atomic E-state index is 4.33. The largest absolute Gasteiger partial charge is 0.408 e. The maximum atomic E-state index is 4.33. The summed E-state index contributed by atoms with van der Waals surface area (Å²) in [6.45, 7) is 4.34. The van der Waals surface area contributed by atoms with Crippen LogP contribution in [0.25, 0.3) is 0 Å². The van der Waals surface area contributed by atoms with Gasteiger partial charge in [-0.1, -0.05) is 0 Å². The number of aryl methyl sites for hydroxylation is 1. The van der Waals surface area contributed by atoms with Crippen molar-refractivity contribution in [2.45, 2.75) is 6.92 Å². The number of anilines is 1. The van der Waals surface area contributed by atoms with Crippen molar-refractivity contribution >= 4 is 39.6 Å². The molecule has 0 saturated carbocycles. The van der Waals surface area contributed by atoms with Crippen LogP contribution in [0.3, 0.4) is 0 Å². The van der Waals surface area contributed by atoms with E-state index in [1.165, 1.54) is 22.9 Å². The monoisotopic (exact) mass is 319 g/mol. The first-order valence-corrected chi connectivity index (χ1v) is 9.06. The molecule has 0 unspecified atom stereocenters. The van der Waals surface area contributed by atoms with E-state index in [-0.39, 0.29) is 0 Å². The van der Waals surface area contributed by atoms with Gasteiger partial charge >= 0.3 is 5.13 Å². The first-order valence-electron chi connectivity index (χ1n) is 7.02. The Kier molecular flexibility index (Phi) is 4.55. The molecule has 110 valence electrons. The van der Waals surface area contributed by atoms with Crippen molar-refractivity contribution in [3.63, 3.8) is 0 Å². The molecular weight excluding hydrogens is 300 g/mol. The zero-order valence-corrected chi connectivity index (χ0v) is 14.0. The Hall–Kier alpha value is -1.40. The van der Waals surface area contributed by atoms with Gasteiger partial charge in [0.2, 0.25) is 0 Å². The molecule has 2 heterocycles. The summed E-state index contributed by atoms with van der Waals surface area (Å²) < 4.78 is 2.05. The molecule has 0 bridgehead atoms. The highest BCUT2D eigenvalue weighted by molar-refractivity contribution is 7.99. The number of nitrogens with zero attached hydrogens (tertiary/aromatic N) is 4. The van der Waals surface area contributed by atoms with Crippen LogP contribution in [0, 0.1) is 6.92 Å². The summed E-state index contributed by atoms with van der Waals surface area (Å²) in [5.41, 5.74) is 3.38. The summed E-state index contributed by atoms with van der Waals surface area (Å²) in [6, 6.07) is 8.37. The van der Waals surface area contributed by atoms with Crippen molar-refractivity contribution < 1.29 is 4.57 Å². The predicted octanol–water partition coefficient (Wildman–Crippen LogP) is 3.85. The number of thiazole rings is 1. The molecule has 0 aliphatic carbocycles. The van der Waals surface area contributed by atoms with Gasteiger partial charge in [-0.3, -0.25) is 0 Å². The van der Waals surface area contributed by atoms with Crippen LogP contribution >= 0.6 is 23.1 Å². The van der Waals surface area contributed by atoms with Crippen LogP contribution in [-0.2, 0) is 7.05 Å². The molecule has 6 heteroatoms. The first kappa shape index (κ1) is 14.5. The lowest BCUT2D eigenvalue weighted by Crippen LogP contribution is -2.32. The second kappa shape index (κ2) is 6.58. The molecule has 1 aliphatic heterocycles. The minimum Gasteiger partial charge on any atom is -0.370 e. The van der Waals surface area contributed by atoms with E-state index >= 15 is 0 Å². The quantitative estimate of drug-likeness (QED) is 0.636. The average Bonchev–Trinajstić information content (AvgIpc) is 2.86. The van der Waals surface area contributed by atoms with E-state index in [4.69, 9.17) is 0 Å². The van der Waals surface area contributed by atoms with E-state index in [0.717, 1.165) is 23.9 Å². The molecule has 1 saturated heterocycles. The van der Waals surface area contributed by atoms with Crippen molar-refractivity contribution in [1.82, 2.24) is 0 Å². The highest BCUT2D eigenvalue weighted by atomic mass is 32.2. The molecule has 2 aromatic rings. The van der Waals surface area contributed by atoms with Crippen LogP contribution in [0.4, 0.5) is 16.5 Å². The number of hydrogen-bond acceptors (Lipinski definition) is 5. The first-order chi connectivity index (χ1) is 10.2. The molecule has 0 amide bonds. The summed E-state index contributed by atoms with van der Waals surface area (Å²) in [5.74, 6) is 2.44. The van der Waals surface area contributed by atoms with Crippen LogP contribution in [0.15, 0.2) is 39.9 Å². The fourth-order valence-corrected chi connectivity index (χ4v) is 3.92. The van der Waals surface area contributed by atoms with E-state index in [1.807, 2.05) is 35.5 Å². The van der Waals surface area contributed by atoms with Crippen LogP contribution in [0.2, 0.25) is 0 Å². The lowest BCUT2D eigenvalue weighted by Gasteiger charge is -2.28. The van der Waals surface area contributed by atoms with Gasteiger partial charge in [-0.15, -0.1) is 0 Å². The Balaban J connectivity index is 1.70. The Morgan fingerprint density at radius 2 is 1.81 bits per heavy atom. The molecule has 0 spiro atoms. The van der Waals surface area contributed by atoms with Gasteiger partial charge < -0.3 is 4.90 Å². The Morgan fingerprint density at radius 3 is 2.43 bits per heavy atom. The third-order valence-corrected chi connectivity index (χ3v) is 5.60. The van der Waals surface area contributed by atoms with Crippen molar-refractivity contribution in [3.05, 3.63) is 35.3 Å². The molecule has 1 aliphatic rings. The van der Waals surface area contributed by atoms with Gasteiger partial charge in [0.15, 0.2) is 0 Å². The molecule has 1 aromatic heterocycles. The minimum atomic E-state index is 0.899. The number of benzene rings is 1. The molecule has 3 rings (SSSR count). The zero-order chi connectivity index (χ0) is 14.7. The summed E-state index contributed by atoms with van der Waals surface area (Å²) >= 11 is 3.64. The zero-order valence-electron chi connectivity index (χ0n) is 12.3. The summed E-state index contributed by atoms with van der Waals surface area (Å²) in [5, 5.41) is 11.7. The van der Waals surface area contributed by atoms with Crippen LogP contribution in [0.1, 0.15) is 5.69 Å². The fraction of sp³-hybridized carbons (Fsp3) is 0.400. The van der Waals surface area contributed by atoms with Gasteiger partial charge in [0.1, 0.15) is 11.4 Å². The Bertz CT molecular complexity index is 628. The smallest absolute Gasteiger partial charge is 0.370 e. The normalized spacial score (nSPS) is 15.8. The summed E-state index contributed by atoms with van der Waals surface area (Å²) in [6.07, 6.45) is 0. The van der Waals surface area contributed by atoms with Gasteiger partial charge in [-0.05, 0) is 47.6 Å². The SMILES string of the molecule is Cc1csc(/N=N/c2ccc(N3CCSCC3)cc2)[n+]1C. The predicted molar refractivity (Wildman–Crippen MR) is 90.4 cm³/mol. The molecule has 0 N–H and O–H groups in total. The van der Waals surface area contributed by atoms with Gasteiger partial charge in [-0.2, -0.15) is 11.8 Å². The second-order valence-electron chi connectivity index (χ2n) is 5.03. The molecule has 0 atom stereocenters. The van der Waals surface area contributed by atoms with E-state index < -0.39 is 0 Å². The van der Waals surface area contributed by atoms with Gasteiger partial charge in [0, 0.05) is 35.7 Å². The minimum absolute atomic E-state index is 0.899. The number of hydrogen-bond donors (Lipinski definition) is 0. The van der Waals surface area contributed by atoms with E-state index in [2.05, 4.69) is 39.6 Å². The van der Waals surface area contributed by atoms with Gasteiger partial charge in [0.25, 0.3) is 0 Å². The van der Waals surface area contributed by atoms with E-state index in [1.54, 1.807) is 11.3 Å². The molecular formula is C15H19N4S2+. The molecule has 1 fully saturated rings. The van der Waals surface area contributed by atoms with Crippen LogP contribution < -0.4 is 9.47 Å². The lowest BCUT2D eigenvalue weighted by atomic mass is 10.2. The number of azo groups is 1. The molecule has 1 aromatic carbocycles. The lowest BCUT2D eigenvalue weighted by molar-refractivity contribution is -0.660. The second-order valence-corrected chi connectivity index (χ2v) is 7.10. The third kappa shape index (κ3) is 3.44. The Labute approximate surface area is 133 Å². The highest BCUT2D eigenvalue weighted by Gasteiger charge is 2.12. The number of thioether (sulfide) groups is 1.